The molecule has 1 aromatic carbocycles. The van der Waals surface area contributed by atoms with Gasteiger partial charge >= 0.3 is 0 Å². The third-order valence-electron chi connectivity index (χ3n) is 3.91. The van der Waals surface area contributed by atoms with Crippen molar-refractivity contribution < 1.29 is 14.0 Å². The van der Waals surface area contributed by atoms with Crippen molar-refractivity contribution in [3.63, 3.8) is 0 Å². The first-order chi connectivity index (χ1) is 13.5. The fourth-order valence-electron chi connectivity index (χ4n) is 2.48. The molecule has 0 saturated heterocycles. The molecule has 0 fully saturated rings. The van der Waals surface area contributed by atoms with Gasteiger partial charge in [0.25, 0.3) is 5.91 Å². The van der Waals surface area contributed by atoms with E-state index in [0.717, 1.165) is 5.56 Å². The van der Waals surface area contributed by atoms with Gasteiger partial charge in [0.2, 0.25) is 11.8 Å². The minimum atomic E-state index is -0.736. The molecule has 0 bridgehead atoms. The van der Waals surface area contributed by atoms with Crippen molar-refractivity contribution >= 4 is 29.1 Å². The molecule has 2 amide bonds. The van der Waals surface area contributed by atoms with E-state index in [9.17, 15) is 9.59 Å². The number of carbonyl (C=O) groups is 2. The molecule has 144 valence electrons. The Morgan fingerprint density at radius 3 is 2.50 bits per heavy atom. The van der Waals surface area contributed by atoms with Crippen LogP contribution < -0.4 is 22.1 Å². The first-order valence-corrected chi connectivity index (χ1v) is 8.47. The fraction of sp³-hybridized carbons (Fsp3) is 0.167. The molecule has 0 saturated carbocycles. The Hall–Kier alpha value is -3.95. The molecule has 10 nitrogen and oxygen atoms in total. The largest absolute Gasteiger partial charge is 0.445 e. The summed E-state index contributed by atoms with van der Waals surface area (Å²) in [7, 11) is 0. The second-order valence-electron chi connectivity index (χ2n) is 5.86. The van der Waals surface area contributed by atoms with Crippen molar-refractivity contribution in [1.82, 2.24) is 15.0 Å². The predicted octanol–water partition coefficient (Wildman–Crippen LogP) is 1.65. The summed E-state index contributed by atoms with van der Waals surface area (Å²) in [5.41, 5.74) is 12.1. The Bertz CT molecular complexity index is 971. The van der Waals surface area contributed by atoms with Gasteiger partial charge in [-0.25, -0.2) is 15.0 Å². The molecule has 0 spiro atoms. The fourth-order valence-corrected chi connectivity index (χ4v) is 2.48. The number of anilines is 3. The maximum Gasteiger partial charge on any atom is 0.271 e. The van der Waals surface area contributed by atoms with Gasteiger partial charge in [0, 0.05) is 11.3 Å². The maximum absolute atomic E-state index is 11.7. The van der Waals surface area contributed by atoms with E-state index < -0.39 is 17.9 Å². The molecule has 28 heavy (non-hydrogen) atoms. The van der Waals surface area contributed by atoms with E-state index in [1.165, 1.54) is 12.5 Å². The smallest absolute Gasteiger partial charge is 0.271 e. The number of hydrogen-bond acceptors (Lipinski definition) is 8. The molecule has 0 aliphatic rings. The van der Waals surface area contributed by atoms with Gasteiger partial charge in [-0.1, -0.05) is 6.92 Å². The molecule has 1 atom stereocenters. The van der Waals surface area contributed by atoms with Gasteiger partial charge in [-0.05, 0) is 30.7 Å². The lowest BCUT2D eigenvalue weighted by Crippen LogP contribution is -2.35. The van der Waals surface area contributed by atoms with E-state index in [0.29, 0.717) is 18.0 Å². The summed E-state index contributed by atoms with van der Waals surface area (Å²) in [6, 6.07) is 6.53. The van der Waals surface area contributed by atoms with Crippen LogP contribution in [-0.4, -0.2) is 32.8 Å². The topological polar surface area (TPSA) is 162 Å². The molecule has 0 radical (unpaired) electrons. The van der Waals surface area contributed by atoms with Crippen molar-refractivity contribution in [2.45, 2.75) is 19.4 Å². The standard InChI is InChI=1S/C18H19N7O3/c1-2-12(15(19)26)24-13-9-22-14(16(20)27)17(25-13)23-11-5-3-10(4-6-11)18-21-7-8-28-18/h3-9,12H,2H2,1H3,(H2,19,26)(H2,20,27)(H2,23,24,25)/t12-/m1/s1. The molecule has 3 rings (SSSR count). The maximum atomic E-state index is 11.7. The van der Waals surface area contributed by atoms with E-state index in [-0.39, 0.29) is 17.3 Å². The van der Waals surface area contributed by atoms with E-state index in [1.807, 2.05) is 6.92 Å². The molecule has 0 aliphatic heterocycles. The number of benzene rings is 1. The van der Waals surface area contributed by atoms with Gasteiger partial charge < -0.3 is 26.5 Å². The van der Waals surface area contributed by atoms with E-state index >= 15 is 0 Å². The van der Waals surface area contributed by atoms with Gasteiger partial charge in [-0.3, -0.25) is 9.59 Å². The predicted molar refractivity (Wildman–Crippen MR) is 103 cm³/mol. The SMILES string of the molecule is CC[C@@H](Nc1cnc(C(N)=O)c(Nc2ccc(-c3ncco3)cc2)n1)C(N)=O. The highest BCUT2D eigenvalue weighted by Gasteiger charge is 2.17. The number of primary amides is 2. The monoisotopic (exact) mass is 381 g/mol. The molecule has 10 heteroatoms. The zero-order valence-electron chi connectivity index (χ0n) is 15.0. The number of rotatable bonds is 8. The Morgan fingerprint density at radius 1 is 1.18 bits per heavy atom. The Labute approximate surface area is 160 Å². The van der Waals surface area contributed by atoms with Crippen LogP contribution in [0.15, 0.2) is 47.3 Å². The number of nitrogens with one attached hydrogen (secondary N) is 2. The number of carbonyl (C=O) groups excluding carboxylic acids is 2. The Balaban J connectivity index is 1.85. The summed E-state index contributed by atoms with van der Waals surface area (Å²) in [5, 5.41) is 5.89. The van der Waals surface area contributed by atoms with Crippen LogP contribution in [0.3, 0.4) is 0 Å². The summed E-state index contributed by atoms with van der Waals surface area (Å²) in [6.45, 7) is 1.81. The van der Waals surface area contributed by atoms with Gasteiger partial charge in [0.15, 0.2) is 11.5 Å². The van der Waals surface area contributed by atoms with Crippen LogP contribution in [0.4, 0.5) is 17.3 Å². The minimum absolute atomic E-state index is 0.0329. The number of oxazole rings is 1. The summed E-state index contributed by atoms with van der Waals surface area (Å²) in [5.74, 6) is -0.317. The van der Waals surface area contributed by atoms with Crippen LogP contribution in [0.2, 0.25) is 0 Å². The molecule has 2 heterocycles. The van der Waals surface area contributed by atoms with Crippen LogP contribution in [0.5, 0.6) is 0 Å². The first kappa shape index (κ1) is 18.8. The summed E-state index contributed by atoms with van der Waals surface area (Å²) in [4.78, 5) is 35.5. The molecule has 2 aromatic heterocycles. The number of nitrogens with two attached hydrogens (primary N) is 2. The quantitative estimate of drug-likeness (QED) is 0.458. The second-order valence-corrected chi connectivity index (χ2v) is 5.86. The highest BCUT2D eigenvalue weighted by atomic mass is 16.3. The average Bonchev–Trinajstić information content (AvgIpc) is 3.21. The number of hydrogen-bond donors (Lipinski definition) is 4. The average molecular weight is 381 g/mol. The number of nitrogens with zero attached hydrogens (tertiary/aromatic N) is 3. The van der Waals surface area contributed by atoms with Crippen molar-refractivity contribution in [3.05, 3.63) is 48.6 Å². The molecule has 0 unspecified atom stereocenters. The van der Waals surface area contributed by atoms with Gasteiger partial charge in [-0.2, -0.15) is 0 Å². The lowest BCUT2D eigenvalue weighted by atomic mass is 10.2. The zero-order chi connectivity index (χ0) is 20.1. The minimum Gasteiger partial charge on any atom is -0.445 e. The van der Waals surface area contributed by atoms with Crippen LogP contribution in [0.1, 0.15) is 23.8 Å². The lowest BCUT2D eigenvalue weighted by Gasteiger charge is -2.15. The summed E-state index contributed by atoms with van der Waals surface area (Å²) < 4.78 is 5.25. The van der Waals surface area contributed by atoms with Crippen molar-refractivity contribution in [2.75, 3.05) is 10.6 Å². The van der Waals surface area contributed by atoms with Crippen molar-refractivity contribution in [2.24, 2.45) is 11.5 Å². The van der Waals surface area contributed by atoms with Crippen LogP contribution in [0, 0.1) is 0 Å². The van der Waals surface area contributed by atoms with Crippen molar-refractivity contribution in [1.29, 1.82) is 0 Å². The van der Waals surface area contributed by atoms with Gasteiger partial charge in [0.1, 0.15) is 18.1 Å². The highest BCUT2D eigenvalue weighted by molar-refractivity contribution is 5.96. The third kappa shape index (κ3) is 4.23. The Kier molecular flexibility index (Phi) is 5.49. The lowest BCUT2D eigenvalue weighted by molar-refractivity contribution is -0.118. The molecule has 6 N–H and O–H groups in total. The zero-order valence-corrected chi connectivity index (χ0v) is 15.0. The van der Waals surface area contributed by atoms with Gasteiger partial charge in [-0.15, -0.1) is 0 Å². The second kappa shape index (κ2) is 8.16. The molecule has 3 aromatic rings. The van der Waals surface area contributed by atoms with Crippen LogP contribution >= 0.6 is 0 Å². The van der Waals surface area contributed by atoms with Crippen LogP contribution in [-0.2, 0) is 4.79 Å². The summed E-state index contributed by atoms with van der Waals surface area (Å²) >= 11 is 0. The van der Waals surface area contributed by atoms with Gasteiger partial charge in [0.05, 0.1) is 12.4 Å². The Morgan fingerprint density at radius 2 is 1.93 bits per heavy atom. The van der Waals surface area contributed by atoms with Crippen LogP contribution in [0.25, 0.3) is 11.5 Å². The van der Waals surface area contributed by atoms with Crippen molar-refractivity contribution in [3.8, 4) is 11.5 Å². The van der Waals surface area contributed by atoms with E-state index in [2.05, 4.69) is 25.6 Å². The van der Waals surface area contributed by atoms with E-state index in [4.69, 9.17) is 15.9 Å². The normalized spacial score (nSPS) is 11.6. The third-order valence-corrected chi connectivity index (χ3v) is 3.91. The van der Waals surface area contributed by atoms with E-state index in [1.54, 1.807) is 30.5 Å². The highest BCUT2D eigenvalue weighted by Crippen LogP contribution is 2.23. The number of amides is 2. The first-order valence-electron chi connectivity index (χ1n) is 8.47. The number of aromatic nitrogens is 3. The summed E-state index contributed by atoms with van der Waals surface area (Å²) in [6.07, 6.45) is 4.84. The molecule has 0 aliphatic carbocycles. The molecular weight excluding hydrogens is 362 g/mol. The molecular formula is C18H19N7O3.